The Morgan fingerprint density at radius 3 is 2.67 bits per heavy atom. The molecule has 0 aromatic heterocycles. The molecule has 0 rings (SSSR count). The third kappa shape index (κ3) is 5.04. The monoisotopic (exact) mass is 225 g/mol. The summed E-state index contributed by atoms with van der Waals surface area (Å²) in [5.74, 6) is -0.0537. The van der Waals surface area contributed by atoms with Gasteiger partial charge in [-0.1, -0.05) is 24.3 Å². The van der Waals surface area contributed by atoms with E-state index in [2.05, 4.69) is 6.58 Å². The summed E-state index contributed by atoms with van der Waals surface area (Å²) in [6.07, 6.45) is 3.10. The summed E-state index contributed by atoms with van der Waals surface area (Å²) in [5.41, 5.74) is 0.272. The van der Waals surface area contributed by atoms with Gasteiger partial charge in [-0.3, -0.25) is 4.79 Å². The summed E-state index contributed by atoms with van der Waals surface area (Å²) in [6, 6.07) is 1.79. The van der Waals surface area contributed by atoms with Crippen molar-refractivity contribution in [1.82, 2.24) is 0 Å². The van der Waals surface area contributed by atoms with Crippen molar-refractivity contribution in [2.45, 2.75) is 13.8 Å². The highest BCUT2D eigenvalue weighted by Gasteiger charge is 2.09. The molecule has 0 unspecified atom stereocenters. The second-order valence-electron chi connectivity index (χ2n) is 2.66. The third-order valence-electron chi connectivity index (χ3n) is 1.55. The zero-order valence-corrected chi connectivity index (χ0v) is 9.47. The number of hydrogen-bond donors (Lipinski definition) is 0. The number of ether oxygens (including phenoxy) is 1. The number of allylic oxidation sites excluding steroid dienone is 4. The van der Waals surface area contributed by atoms with Crippen molar-refractivity contribution in [3.8, 4) is 6.07 Å². The smallest absolute Gasteiger partial charge is 0.174 e. The molecule has 0 aliphatic rings. The first kappa shape index (κ1) is 13.5. The number of carbonyl (C=O) groups excluding carboxylic acids is 1. The molecule has 15 heavy (non-hydrogen) atoms. The van der Waals surface area contributed by atoms with Crippen LogP contribution in [-0.4, -0.2) is 12.4 Å². The lowest BCUT2D eigenvalue weighted by molar-refractivity contribution is -0.113. The molecule has 0 aromatic rings. The van der Waals surface area contributed by atoms with Crippen LogP contribution in [0.4, 0.5) is 0 Å². The van der Waals surface area contributed by atoms with Crippen molar-refractivity contribution < 1.29 is 9.53 Å². The summed E-state index contributed by atoms with van der Waals surface area (Å²) >= 11 is 5.75. The van der Waals surface area contributed by atoms with E-state index in [0.29, 0.717) is 5.03 Å². The molecule has 0 atom stereocenters. The van der Waals surface area contributed by atoms with Crippen molar-refractivity contribution in [3.63, 3.8) is 0 Å². The molecule has 4 heteroatoms. The fourth-order valence-electron chi connectivity index (χ4n) is 0.797. The van der Waals surface area contributed by atoms with Crippen LogP contribution in [0.5, 0.6) is 0 Å². The molecule has 3 nitrogen and oxygen atoms in total. The van der Waals surface area contributed by atoms with E-state index in [9.17, 15) is 4.79 Å². The van der Waals surface area contributed by atoms with Gasteiger partial charge in [0.15, 0.2) is 12.4 Å². The summed E-state index contributed by atoms with van der Waals surface area (Å²) < 4.78 is 4.93. The Labute approximate surface area is 94.3 Å². The average molecular weight is 226 g/mol. The topological polar surface area (TPSA) is 50.1 Å². The largest absolute Gasteiger partial charge is 0.479 e. The molecule has 0 aromatic carbocycles. The predicted molar refractivity (Wildman–Crippen MR) is 59.1 cm³/mol. The average Bonchev–Trinajstić information content (AvgIpc) is 2.21. The molecule has 0 heterocycles. The highest BCUT2D eigenvalue weighted by atomic mass is 35.5. The highest BCUT2D eigenvalue weighted by Crippen LogP contribution is 2.15. The predicted octanol–water partition coefficient (Wildman–Crippen LogP) is 2.70. The van der Waals surface area contributed by atoms with E-state index < -0.39 is 0 Å². The molecule has 0 spiro atoms. The van der Waals surface area contributed by atoms with Gasteiger partial charge in [0, 0.05) is 5.03 Å². The van der Waals surface area contributed by atoms with Crippen molar-refractivity contribution in [2.75, 3.05) is 6.61 Å². The number of halogens is 1. The Balaban J connectivity index is 4.84. The number of nitriles is 1. The van der Waals surface area contributed by atoms with Gasteiger partial charge in [0.25, 0.3) is 0 Å². The van der Waals surface area contributed by atoms with Crippen LogP contribution in [0.15, 0.2) is 35.1 Å². The highest BCUT2D eigenvalue weighted by molar-refractivity contribution is 6.31. The Kier molecular flexibility index (Phi) is 6.16. The van der Waals surface area contributed by atoms with Crippen LogP contribution in [0.3, 0.4) is 0 Å². The fourth-order valence-corrected chi connectivity index (χ4v) is 0.906. The lowest BCUT2D eigenvalue weighted by Crippen LogP contribution is -2.03. The SMILES string of the molecule is C=C(OCC#N)/C(=C\C(Cl)=C/C)C(C)=O. The normalized spacial score (nSPS) is 11.9. The molecule has 0 saturated carbocycles. The molecule has 0 bridgehead atoms. The Morgan fingerprint density at radius 1 is 1.67 bits per heavy atom. The Hall–Kier alpha value is -1.53. The van der Waals surface area contributed by atoms with E-state index in [1.807, 2.05) is 0 Å². The minimum Gasteiger partial charge on any atom is -0.479 e. The van der Waals surface area contributed by atoms with Gasteiger partial charge in [-0.25, -0.2) is 0 Å². The Bertz CT molecular complexity index is 361. The minimum absolute atomic E-state index is 0.142. The molecular weight excluding hydrogens is 214 g/mol. The maximum Gasteiger partial charge on any atom is 0.174 e. The van der Waals surface area contributed by atoms with E-state index in [1.165, 1.54) is 13.0 Å². The maximum absolute atomic E-state index is 11.2. The summed E-state index contributed by atoms with van der Waals surface area (Å²) in [4.78, 5) is 11.2. The van der Waals surface area contributed by atoms with Gasteiger partial charge in [0.1, 0.15) is 11.8 Å². The lowest BCUT2D eigenvalue weighted by atomic mass is 10.1. The van der Waals surface area contributed by atoms with Crippen LogP contribution in [0.1, 0.15) is 13.8 Å². The van der Waals surface area contributed by atoms with Gasteiger partial charge in [0.05, 0.1) is 5.57 Å². The first-order valence-electron chi connectivity index (χ1n) is 4.26. The molecule has 80 valence electrons. The lowest BCUT2D eigenvalue weighted by Gasteiger charge is -2.07. The van der Waals surface area contributed by atoms with Crippen LogP contribution in [0.25, 0.3) is 0 Å². The van der Waals surface area contributed by atoms with E-state index >= 15 is 0 Å². The molecule has 0 aliphatic heterocycles. The molecule has 0 amide bonds. The van der Waals surface area contributed by atoms with Crippen molar-refractivity contribution in [3.05, 3.63) is 35.1 Å². The van der Waals surface area contributed by atoms with E-state index in [4.69, 9.17) is 21.6 Å². The number of hydrogen-bond acceptors (Lipinski definition) is 3. The molecule has 0 fully saturated rings. The van der Waals surface area contributed by atoms with E-state index in [0.717, 1.165) is 0 Å². The van der Waals surface area contributed by atoms with Crippen molar-refractivity contribution in [1.29, 1.82) is 5.26 Å². The zero-order valence-electron chi connectivity index (χ0n) is 8.71. The second kappa shape index (κ2) is 6.86. The zero-order chi connectivity index (χ0) is 11.8. The molecular formula is C11H12ClNO2. The van der Waals surface area contributed by atoms with Crippen molar-refractivity contribution >= 4 is 17.4 Å². The van der Waals surface area contributed by atoms with Crippen molar-refractivity contribution in [2.24, 2.45) is 0 Å². The summed E-state index contributed by atoms with van der Waals surface area (Å²) in [6.45, 7) is 6.54. The number of carbonyl (C=O) groups is 1. The van der Waals surface area contributed by atoms with Crippen LogP contribution in [0, 0.1) is 11.3 Å². The number of Topliss-reactive ketones (excluding diaryl/α,β-unsaturated/α-hetero) is 1. The number of nitrogens with zero attached hydrogens (tertiary/aromatic N) is 1. The first-order chi connectivity index (χ1) is 7.02. The van der Waals surface area contributed by atoms with Gasteiger partial charge in [0.2, 0.25) is 0 Å². The number of ketones is 1. The third-order valence-corrected chi connectivity index (χ3v) is 1.88. The van der Waals surface area contributed by atoms with Gasteiger partial charge < -0.3 is 4.74 Å². The molecule has 0 saturated heterocycles. The van der Waals surface area contributed by atoms with Crippen LogP contribution in [-0.2, 0) is 9.53 Å². The van der Waals surface area contributed by atoms with Gasteiger partial charge in [-0.05, 0) is 19.9 Å². The van der Waals surface area contributed by atoms with Crippen LogP contribution < -0.4 is 0 Å². The fraction of sp³-hybridized carbons (Fsp3) is 0.273. The minimum atomic E-state index is -0.210. The molecule has 0 aliphatic carbocycles. The summed E-state index contributed by atoms with van der Waals surface area (Å²) in [5, 5.41) is 8.72. The Morgan fingerprint density at radius 2 is 2.27 bits per heavy atom. The van der Waals surface area contributed by atoms with Gasteiger partial charge >= 0.3 is 0 Å². The quantitative estimate of drug-likeness (QED) is 0.411. The van der Waals surface area contributed by atoms with Crippen LogP contribution >= 0.6 is 11.6 Å². The van der Waals surface area contributed by atoms with Gasteiger partial charge in [-0.2, -0.15) is 5.26 Å². The first-order valence-corrected chi connectivity index (χ1v) is 4.64. The van der Waals surface area contributed by atoms with E-state index in [1.54, 1.807) is 19.1 Å². The maximum atomic E-state index is 11.2. The second-order valence-corrected chi connectivity index (χ2v) is 3.09. The van der Waals surface area contributed by atoms with E-state index in [-0.39, 0.29) is 23.7 Å². The standard InChI is InChI=1S/C11H12ClNO2/c1-4-10(12)7-11(8(2)14)9(3)15-6-5-13/h4,7H,3,6H2,1-2H3/b10-4+,11-7-. The van der Waals surface area contributed by atoms with Crippen LogP contribution in [0.2, 0.25) is 0 Å². The number of rotatable bonds is 5. The molecule has 0 radical (unpaired) electrons. The molecule has 0 N–H and O–H groups in total. The van der Waals surface area contributed by atoms with Gasteiger partial charge in [-0.15, -0.1) is 0 Å². The summed E-state index contributed by atoms with van der Waals surface area (Å²) in [7, 11) is 0.